The summed E-state index contributed by atoms with van der Waals surface area (Å²) in [7, 11) is 2.13. The van der Waals surface area contributed by atoms with Gasteiger partial charge in [0.05, 0.1) is 5.56 Å². The molecular formula is C26H30F3N3O. The Kier molecular flexibility index (Phi) is 7.08. The summed E-state index contributed by atoms with van der Waals surface area (Å²) < 4.78 is 40.4. The first kappa shape index (κ1) is 23.4. The number of hydrogen-bond donors (Lipinski definition) is 1. The molecule has 33 heavy (non-hydrogen) atoms. The van der Waals surface area contributed by atoms with Gasteiger partial charge in [-0.15, -0.1) is 0 Å². The van der Waals surface area contributed by atoms with Crippen molar-refractivity contribution in [1.82, 2.24) is 14.8 Å². The Bertz CT molecular complexity index is 1080. The van der Waals surface area contributed by atoms with Gasteiger partial charge in [-0.25, -0.2) is 0 Å². The van der Waals surface area contributed by atoms with E-state index in [0.29, 0.717) is 18.2 Å². The molecule has 4 nitrogen and oxygen atoms in total. The van der Waals surface area contributed by atoms with Gasteiger partial charge in [0.15, 0.2) is 0 Å². The molecule has 0 spiro atoms. The molecule has 0 atom stereocenters. The van der Waals surface area contributed by atoms with Crippen molar-refractivity contribution in [2.24, 2.45) is 0 Å². The number of likely N-dealkylation sites (N-methyl/N-ethyl adjacent to an activating group) is 1. The van der Waals surface area contributed by atoms with Gasteiger partial charge in [0.25, 0.3) is 0 Å². The van der Waals surface area contributed by atoms with Crippen LogP contribution in [0, 0.1) is 0 Å². The quantitative estimate of drug-likeness (QED) is 0.494. The van der Waals surface area contributed by atoms with E-state index >= 15 is 0 Å². The van der Waals surface area contributed by atoms with E-state index < -0.39 is 11.7 Å². The lowest BCUT2D eigenvalue weighted by atomic mass is 9.94. The van der Waals surface area contributed by atoms with Crippen LogP contribution in [0.15, 0.2) is 54.7 Å². The van der Waals surface area contributed by atoms with E-state index in [4.69, 9.17) is 0 Å². The summed E-state index contributed by atoms with van der Waals surface area (Å²) in [6, 6.07) is 13.4. The average Bonchev–Trinajstić information content (AvgIpc) is 3.21. The molecule has 7 heteroatoms. The molecule has 0 aliphatic heterocycles. The molecule has 1 aliphatic carbocycles. The maximum Gasteiger partial charge on any atom is 0.416 e. The maximum atomic E-state index is 12.8. The van der Waals surface area contributed by atoms with Crippen LogP contribution >= 0.6 is 0 Å². The van der Waals surface area contributed by atoms with Crippen LogP contribution in [-0.2, 0) is 17.5 Å². The first-order valence-electron chi connectivity index (χ1n) is 11.5. The highest BCUT2D eigenvalue weighted by atomic mass is 19.4. The third kappa shape index (κ3) is 5.77. The summed E-state index contributed by atoms with van der Waals surface area (Å²) in [5, 5.41) is 4.00. The largest absolute Gasteiger partial charge is 0.416 e. The molecule has 4 rings (SSSR count). The van der Waals surface area contributed by atoms with Crippen LogP contribution < -0.4 is 5.32 Å². The van der Waals surface area contributed by atoms with E-state index in [2.05, 4.69) is 17.3 Å². The molecule has 176 valence electrons. The molecule has 1 heterocycles. The van der Waals surface area contributed by atoms with Crippen molar-refractivity contribution in [3.63, 3.8) is 0 Å². The SMILES string of the molecule is CN(CCNC(=O)Cn1ccc2ccc(-c3ccc(C(F)(F)F)cc3)cc21)C1CCCCC1. The van der Waals surface area contributed by atoms with Crippen molar-refractivity contribution in [2.75, 3.05) is 20.1 Å². The first-order chi connectivity index (χ1) is 15.8. The molecule has 1 aromatic heterocycles. The lowest BCUT2D eigenvalue weighted by Gasteiger charge is -2.31. The lowest BCUT2D eigenvalue weighted by molar-refractivity contribution is -0.137. The molecule has 2 aromatic carbocycles. The molecule has 1 aliphatic rings. The van der Waals surface area contributed by atoms with Crippen LogP contribution in [0.4, 0.5) is 13.2 Å². The number of hydrogen-bond acceptors (Lipinski definition) is 2. The fraction of sp³-hybridized carbons (Fsp3) is 0.423. The van der Waals surface area contributed by atoms with E-state index in [0.717, 1.165) is 35.1 Å². The second-order valence-corrected chi connectivity index (χ2v) is 8.91. The van der Waals surface area contributed by atoms with E-state index in [1.165, 1.54) is 44.2 Å². The monoisotopic (exact) mass is 457 g/mol. The molecule has 1 saturated carbocycles. The highest BCUT2D eigenvalue weighted by Crippen LogP contribution is 2.32. The number of carbonyl (C=O) groups excluding carboxylic acids is 1. The van der Waals surface area contributed by atoms with Gasteiger partial charge < -0.3 is 14.8 Å². The predicted octanol–water partition coefficient (Wildman–Crippen LogP) is 5.71. The Labute approximate surface area is 192 Å². The number of aromatic nitrogens is 1. The second kappa shape index (κ2) is 10.00. The van der Waals surface area contributed by atoms with Crippen molar-refractivity contribution in [2.45, 2.75) is 50.9 Å². The topological polar surface area (TPSA) is 37.3 Å². The van der Waals surface area contributed by atoms with E-state index in [1.54, 1.807) is 0 Å². The summed E-state index contributed by atoms with van der Waals surface area (Å²) in [4.78, 5) is 14.9. The normalized spacial score (nSPS) is 15.3. The number of halogens is 3. The summed E-state index contributed by atoms with van der Waals surface area (Å²) >= 11 is 0. The minimum absolute atomic E-state index is 0.0514. The van der Waals surface area contributed by atoms with Crippen LogP contribution in [0.1, 0.15) is 37.7 Å². The zero-order chi connectivity index (χ0) is 23.4. The van der Waals surface area contributed by atoms with Crippen molar-refractivity contribution >= 4 is 16.8 Å². The molecule has 0 saturated heterocycles. The Morgan fingerprint density at radius 1 is 1.03 bits per heavy atom. The molecule has 1 N–H and O–H groups in total. The minimum atomic E-state index is -4.35. The van der Waals surface area contributed by atoms with Crippen molar-refractivity contribution in [1.29, 1.82) is 0 Å². The highest BCUT2D eigenvalue weighted by molar-refractivity contribution is 5.87. The van der Waals surface area contributed by atoms with Gasteiger partial charge in [0.1, 0.15) is 6.54 Å². The molecule has 3 aromatic rings. The third-order valence-electron chi connectivity index (χ3n) is 6.62. The van der Waals surface area contributed by atoms with Crippen molar-refractivity contribution in [3.8, 4) is 11.1 Å². The van der Waals surface area contributed by atoms with Crippen molar-refractivity contribution in [3.05, 3.63) is 60.3 Å². The Morgan fingerprint density at radius 2 is 1.73 bits per heavy atom. The van der Waals surface area contributed by atoms with Crippen molar-refractivity contribution < 1.29 is 18.0 Å². The Morgan fingerprint density at radius 3 is 2.42 bits per heavy atom. The third-order valence-corrected chi connectivity index (χ3v) is 6.62. The fourth-order valence-corrected chi connectivity index (χ4v) is 4.64. The van der Waals surface area contributed by atoms with Crippen LogP contribution in [0.5, 0.6) is 0 Å². The molecule has 1 amide bonds. The fourth-order valence-electron chi connectivity index (χ4n) is 4.64. The van der Waals surface area contributed by atoms with Crippen LogP contribution in [0.3, 0.4) is 0 Å². The summed E-state index contributed by atoms with van der Waals surface area (Å²) in [6.45, 7) is 1.65. The lowest BCUT2D eigenvalue weighted by Crippen LogP contribution is -2.40. The predicted molar refractivity (Wildman–Crippen MR) is 125 cm³/mol. The molecule has 0 radical (unpaired) electrons. The number of benzene rings is 2. The molecule has 0 bridgehead atoms. The standard InChI is InChI=1S/C26H30F3N3O/c1-31(23-5-3-2-4-6-23)16-14-30-25(33)18-32-15-13-20-7-8-21(17-24(20)32)19-9-11-22(12-10-19)26(27,28)29/h7-13,15,17,23H,2-6,14,16,18H2,1H3,(H,30,33). The number of rotatable bonds is 7. The second-order valence-electron chi connectivity index (χ2n) is 8.91. The van der Waals surface area contributed by atoms with Gasteiger partial charge in [-0.3, -0.25) is 4.79 Å². The molecule has 1 fully saturated rings. The number of carbonyl (C=O) groups is 1. The molecule has 0 unspecified atom stereocenters. The van der Waals surface area contributed by atoms with Gasteiger partial charge in [-0.2, -0.15) is 13.2 Å². The number of alkyl halides is 3. The summed E-state index contributed by atoms with van der Waals surface area (Å²) in [5.41, 5.74) is 1.72. The number of nitrogens with one attached hydrogen (secondary N) is 1. The zero-order valence-electron chi connectivity index (χ0n) is 18.9. The first-order valence-corrected chi connectivity index (χ1v) is 11.5. The summed E-state index contributed by atoms with van der Waals surface area (Å²) in [5.74, 6) is -0.0514. The average molecular weight is 458 g/mol. The van der Waals surface area contributed by atoms with Gasteiger partial charge in [-0.05, 0) is 60.7 Å². The smallest absolute Gasteiger partial charge is 0.353 e. The maximum absolute atomic E-state index is 12.8. The van der Waals surface area contributed by atoms with Gasteiger partial charge in [0, 0.05) is 30.8 Å². The molecular weight excluding hydrogens is 427 g/mol. The van der Waals surface area contributed by atoms with E-state index in [9.17, 15) is 18.0 Å². The Hall–Kier alpha value is -2.80. The number of amides is 1. The van der Waals surface area contributed by atoms with Gasteiger partial charge in [0.2, 0.25) is 5.91 Å². The van der Waals surface area contributed by atoms with Crippen LogP contribution in [0.2, 0.25) is 0 Å². The van der Waals surface area contributed by atoms with E-state index in [1.807, 2.05) is 35.0 Å². The zero-order valence-corrected chi connectivity index (χ0v) is 18.9. The van der Waals surface area contributed by atoms with E-state index in [-0.39, 0.29) is 12.5 Å². The van der Waals surface area contributed by atoms with Crippen LogP contribution in [0.25, 0.3) is 22.0 Å². The number of fused-ring (bicyclic) bond motifs is 1. The number of nitrogens with zero attached hydrogens (tertiary/aromatic N) is 2. The minimum Gasteiger partial charge on any atom is -0.353 e. The highest BCUT2D eigenvalue weighted by Gasteiger charge is 2.30. The van der Waals surface area contributed by atoms with Gasteiger partial charge in [-0.1, -0.05) is 43.5 Å². The summed E-state index contributed by atoms with van der Waals surface area (Å²) in [6.07, 6.45) is 3.90. The van der Waals surface area contributed by atoms with Crippen LogP contribution in [-0.4, -0.2) is 41.6 Å². The van der Waals surface area contributed by atoms with Gasteiger partial charge >= 0.3 is 6.18 Å². The Balaban J connectivity index is 1.38.